The Hall–Kier alpha value is -2.91. The number of hydrogen-bond donors (Lipinski definition) is 4. The van der Waals surface area contributed by atoms with E-state index in [2.05, 4.69) is 15.4 Å². The lowest BCUT2D eigenvalue weighted by atomic mass is 10.1. The van der Waals surface area contributed by atoms with Crippen LogP contribution in [-0.2, 0) is 10.0 Å². The second kappa shape index (κ2) is 9.53. The lowest BCUT2D eigenvalue weighted by Crippen LogP contribution is -2.30. The fourth-order valence-electron chi connectivity index (χ4n) is 2.69. The predicted octanol–water partition coefficient (Wildman–Crippen LogP) is 1.47. The van der Waals surface area contributed by atoms with E-state index in [1.165, 1.54) is 25.2 Å². The maximum Gasteiger partial charge on any atom is 0.251 e. The molecule has 0 fully saturated rings. The van der Waals surface area contributed by atoms with Crippen molar-refractivity contribution in [2.24, 2.45) is 0 Å². The standard InChI is InChI=1S/C20H25N3O5S/c1-13-10-16(12-18(14(13)2)29(27,28)21-3)20(26)23-9-5-8-22-19(25)15-6-4-7-17(24)11-15/h4,6-7,10-12,21,24H,5,8-9H2,1-3H3,(H,22,25)(H,23,26). The van der Waals surface area contributed by atoms with Gasteiger partial charge in [0.05, 0.1) is 4.90 Å². The number of rotatable bonds is 8. The average molecular weight is 420 g/mol. The van der Waals surface area contributed by atoms with Gasteiger partial charge in [-0.15, -0.1) is 0 Å². The summed E-state index contributed by atoms with van der Waals surface area (Å²) in [6.45, 7) is 4.08. The van der Waals surface area contributed by atoms with Gasteiger partial charge in [0.2, 0.25) is 10.0 Å². The summed E-state index contributed by atoms with van der Waals surface area (Å²) in [7, 11) is -2.35. The van der Waals surface area contributed by atoms with Crippen LogP contribution >= 0.6 is 0 Å². The first-order valence-electron chi connectivity index (χ1n) is 9.06. The van der Waals surface area contributed by atoms with Crippen molar-refractivity contribution >= 4 is 21.8 Å². The molecular formula is C20H25N3O5S. The van der Waals surface area contributed by atoms with Crippen molar-refractivity contribution in [1.29, 1.82) is 0 Å². The van der Waals surface area contributed by atoms with Gasteiger partial charge in [-0.1, -0.05) is 6.07 Å². The molecular weight excluding hydrogens is 394 g/mol. The van der Waals surface area contributed by atoms with Crippen molar-refractivity contribution in [1.82, 2.24) is 15.4 Å². The molecule has 2 aromatic rings. The first-order chi connectivity index (χ1) is 13.7. The predicted molar refractivity (Wildman–Crippen MR) is 110 cm³/mol. The third kappa shape index (κ3) is 5.78. The van der Waals surface area contributed by atoms with Crippen molar-refractivity contribution in [3.05, 3.63) is 58.7 Å². The van der Waals surface area contributed by atoms with E-state index in [0.717, 1.165) is 0 Å². The maximum atomic E-state index is 12.4. The first-order valence-corrected chi connectivity index (χ1v) is 10.5. The summed E-state index contributed by atoms with van der Waals surface area (Å²) in [4.78, 5) is 24.4. The van der Waals surface area contributed by atoms with Crippen LogP contribution < -0.4 is 15.4 Å². The van der Waals surface area contributed by atoms with E-state index in [4.69, 9.17) is 0 Å². The van der Waals surface area contributed by atoms with Crippen LogP contribution in [-0.4, -0.2) is 45.5 Å². The van der Waals surface area contributed by atoms with Gasteiger partial charge in [-0.05, 0) is 68.8 Å². The molecule has 0 aromatic heterocycles. The fraction of sp³-hybridized carbons (Fsp3) is 0.300. The Kier molecular flexibility index (Phi) is 7.35. The van der Waals surface area contributed by atoms with E-state index < -0.39 is 10.0 Å². The molecule has 156 valence electrons. The Morgan fingerprint density at radius 1 is 0.966 bits per heavy atom. The highest BCUT2D eigenvalue weighted by Crippen LogP contribution is 2.21. The smallest absolute Gasteiger partial charge is 0.251 e. The van der Waals surface area contributed by atoms with Crippen LogP contribution in [0.25, 0.3) is 0 Å². The van der Waals surface area contributed by atoms with E-state index in [9.17, 15) is 23.1 Å². The van der Waals surface area contributed by atoms with Crippen LogP contribution in [0.3, 0.4) is 0 Å². The largest absolute Gasteiger partial charge is 0.508 e. The van der Waals surface area contributed by atoms with Crippen molar-refractivity contribution in [2.45, 2.75) is 25.2 Å². The first kappa shape index (κ1) is 22.4. The number of amides is 2. The summed E-state index contributed by atoms with van der Waals surface area (Å²) in [5.41, 5.74) is 1.89. The second-order valence-electron chi connectivity index (χ2n) is 6.54. The molecule has 0 saturated heterocycles. The Balaban J connectivity index is 1.90. The molecule has 0 aliphatic carbocycles. The Bertz CT molecular complexity index is 1020. The summed E-state index contributed by atoms with van der Waals surface area (Å²) < 4.78 is 26.6. The zero-order valence-electron chi connectivity index (χ0n) is 16.6. The Labute approximate surface area is 170 Å². The van der Waals surface area contributed by atoms with E-state index >= 15 is 0 Å². The molecule has 2 amide bonds. The van der Waals surface area contributed by atoms with E-state index in [1.807, 2.05) is 0 Å². The van der Waals surface area contributed by atoms with Gasteiger partial charge in [0.15, 0.2) is 0 Å². The van der Waals surface area contributed by atoms with Gasteiger partial charge < -0.3 is 15.7 Å². The molecule has 2 aromatic carbocycles. The molecule has 29 heavy (non-hydrogen) atoms. The van der Waals surface area contributed by atoms with Gasteiger partial charge in [0.1, 0.15) is 5.75 Å². The molecule has 0 atom stereocenters. The van der Waals surface area contributed by atoms with Crippen LogP contribution in [0.2, 0.25) is 0 Å². The third-order valence-corrected chi connectivity index (χ3v) is 6.01. The maximum absolute atomic E-state index is 12.4. The second-order valence-corrected chi connectivity index (χ2v) is 8.39. The number of carbonyl (C=O) groups excluding carboxylic acids is 2. The van der Waals surface area contributed by atoms with Gasteiger partial charge >= 0.3 is 0 Å². The van der Waals surface area contributed by atoms with Crippen LogP contribution in [0.4, 0.5) is 0 Å². The SMILES string of the molecule is CNS(=O)(=O)c1cc(C(=O)NCCCNC(=O)c2cccc(O)c2)cc(C)c1C. The van der Waals surface area contributed by atoms with Gasteiger partial charge in [-0.2, -0.15) is 0 Å². The monoisotopic (exact) mass is 419 g/mol. The average Bonchev–Trinajstić information content (AvgIpc) is 2.69. The number of phenols is 1. The molecule has 0 spiro atoms. The summed E-state index contributed by atoms with van der Waals surface area (Å²) >= 11 is 0. The quantitative estimate of drug-likeness (QED) is 0.482. The minimum absolute atomic E-state index is 0.0120. The number of benzene rings is 2. The molecule has 0 aliphatic rings. The van der Waals surface area contributed by atoms with Crippen molar-refractivity contribution in [2.75, 3.05) is 20.1 Å². The van der Waals surface area contributed by atoms with Gasteiger partial charge in [0.25, 0.3) is 11.8 Å². The summed E-state index contributed by atoms with van der Waals surface area (Å²) in [5.74, 6) is -0.693. The number of carbonyl (C=O) groups is 2. The zero-order valence-corrected chi connectivity index (χ0v) is 17.4. The number of phenolic OH excluding ortho intramolecular Hbond substituents is 1. The molecule has 0 bridgehead atoms. The molecule has 0 heterocycles. The molecule has 0 radical (unpaired) electrons. The number of sulfonamides is 1. The number of hydrogen-bond acceptors (Lipinski definition) is 5. The normalized spacial score (nSPS) is 11.1. The highest BCUT2D eigenvalue weighted by atomic mass is 32.2. The topological polar surface area (TPSA) is 125 Å². The molecule has 0 aliphatic heterocycles. The molecule has 9 heteroatoms. The third-order valence-electron chi connectivity index (χ3n) is 4.47. The van der Waals surface area contributed by atoms with Crippen LogP contribution in [0.15, 0.2) is 41.3 Å². The molecule has 2 rings (SSSR count). The number of aromatic hydroxyl groups is 1. The number of nitrogens with one attached hydrogen (secondary N) is 3. The highest BCUT2D eigenvalue weighted by Gasteiger charge is 2.19. The molecule has 8 nitrogen and oxygen atoms in total. The summed E-state index contributed by atoms with van der Waals surface area (Å²) in [6.07, 6.45) is 0.489. The lowest BCUT2D eigenvalue weighted by molar-refractivity contribution is 0.0951. The van der Waals surface area contributed by atoms with Crippen LogP contribution in [0.5, 0.6) is 5.75 Å². The van der Waals surface area contributed by atoms with E-state index in [0.29, 0.717) is 36.2 Å². The molecule has 0 saturated carbocycles. The minimum atomic E-state index is -3.67. The fourth-order valence-corrected chi connectivity index (χ4v) is 3.76. The van der Waals surface area contributed by atoms with Crippen LogP contribution in [0.1, 0.15) is 38.3 Å². The summed E-state index contributed by atoms with van der Waals surface area (Å²) in [6, 6.07) is 9.01. The van der Waals surface area contributed by atoms with E-state index in [1.54, 1.807) is 32.0 Å². The molecule has 0 unspecified atom stereocenters. The molecule has 4 N–H and O–H groups in total. The van der Waals surface area contributed by atoms with Crippen molar-refractivity contribution < 1.29 is 23.1 Å². The summed E-state index contributed by atoms with van der Waals surface area (Å²) in [5, 5.41) is 14.8. The Morgan fingerprint density at radius 3 is 2.17 bits per heavy atom. The van der Waals surface area contributed by atoms with Crippen molar-refractivity contribution in [3.8, 4) is 5.75 Å². The number of aryl methyl sites for hydroxylation is 1. The zero-order chi connectivity index (χ0) is 21.6. The highest BCUT2D eigenvalue weighted by molar-refractivity contribution is 7.89. The van der Waals surface area contributed by atoms with Crippen molar-refractivity contribution in [3.63, 3.8) is 0 Å². The Morgan fingerprint density at radius 2 is 1.59 bits per heavy atom. The van der Waals surface area contributed by atoms with E-state index in [-0.39, 0.29) is 28.0 Å². The van der Waals surface area contributed by atoms with Gasteiger partial charge in [0, 0.05) is 24.2 Å². The van der Waals surface area contributed by atoms with Gasteiger partial charge in [-0.3, -0.25) is 9.59 Å². The minimum Gasteiger partial charge on any atom is -0.508 e. The van der Waals surface area contributed by atoms with Crippen LogP contribution in [0, 0.1) is 13.8 Å². The van der Waals surface area contributed by atoms with Gasteiger partial charge in [-0.25, -0.2) is 13.1 Å². The lowest BCUT2D eigenvalue weighted by Gasteiger charge is -2.12.